The molecule has 0 aliphatic carbocycles. The number of carbonyl (C=O) groups excluding carboxylic acids is 5. The summed E-state index contributed by atoms with van der Waals surface area (Å²) in [6, 6.07) is 15.4. The number of benzene rings is 5. The molecule has 1 fully saturated rings. The van der Waals surface area contributed by atoms with E-state index in [1.807, 2.05) is 0 Å². The first-order valence-corrected chi connectivity index (χ1v) is 38.8. The molecule has 0 spiro atoms. The first-order chi connectivity index (χ1) is 52.1. The molecule has 4 amide bonds. The summed E-state index contributed by atoms with van der Waals surface area (Å²) in [5.41, 5.74) is 7.46. The molecule has 1 heterocycles. The Morgan fingerprint density at radius 2 is 0.714 bits per heavy atom. The van der Waals surface area contributed by atoms with Crippen molar-refractivity contribution in [3.63, 3.8) is 0 Å². The summed E-state index contributed by atoms with van der Waals surface area (Å²) in [4.78, 5) is 61.1. The summed E-state index contributed by atoms with van der Waals surface area (Å²) in [7, 11) is -1.36. The van der Waals surface area contributed by atoms with Crippen molar-refractivity contribution in [3.8, 4) is 0 Å². The van der Waals surface area contributed by atoms with Gasteiger partial charge in [-0.15, -0.1) is 19.7 Å². The van der Waals surface area contributed by atoms with Crippen molar-refractivity contribution >= 4 is 132 Å². The summed E-state index contributed by atoms with van der Waals surface area (Å²) in [5.74, 6) is 1.99. The second-order valence-electron chi connectivity index (χ2n) is 28.4. The molecule has 19 nitrogen and oxygen atoms in total. The minimum atomic E-state index is -0.667. The van der Waals surface area contributed by atoms with Gasteiger partial charge in [-0.25, -0.2) is 41.1 Å². The van der Waals surface area contributed by atoms with E-state index in [2.05, 4.69) is 115 Å². The van der Waals surface area contributed by atoms with E-state index in [0.29, 0.717) is 39.6 Å². The predicted molar refractivity (Wildman–Crippen MR) is 450 cm³/mol. The number of hydrogen-bond donors (Lipinski definition) is 5. The average Bonchev–Trinajstić information content (AvgIpc) is 0.751. The van der Waals surface area contributed by atoms with E-state index in [1.54, 1.807) is 143 Å². The van der Waals surface area contributed by atoms with Gasteiger partial charge in [-0.3, -0.25) is 14.6 Å². The topological polar surface area (TPSA) is 231 Å². The number of alkyl carbamates (subject to hydrolysis) is 4. The third-order valence-electron chi connectivity index (χ3n) is 14.2. The molecule has 6 N–H and O–H groups in total. The zero-order chi connectivity index (χ0) is 86.0. The highest BCUT2D eigenvalue weighted by Crippen LogP contribution is 2.28. The van der Waals surface area contributed by atoms with E-state index < -0.39 is 97.2 Å². The lowest BCUT2D eigenvalue weighted by Crippen LogP contribution is -2.46. The monoisotopic (exact) mass is 1730 g/mol. The minimum Gasteiger partial charge on any atom is -0.445 e. The number of nitrogens with zero attached hydrogens (tertiary/aromatic N) is 2. The molecular formula is C79H111B3BrCl5F5N7O12. The molecule has 5 aromatic rings. The number of ether oxygens (including phenoxy) is 4. The van der Waals surface area contributed by atoms with Crippen molar-refractivity contribution in [1.82, 2.24) is 31.1 Å². The van der Waals surface area contributed by atoms with E-state index in [4.69, 9.17) is 96.4 Å². The lowest BCUT2D eigenvalue weighted by atomic mass is 9.70. The normalized spacial score (nSPS) is 11.8. The van der Waals surface area contributed by atoms with Gasteiger partial charge in [0.25, 0.3) is 0 Å². The Labute approximate surface area is 694 Å². The molecular weight excluding hydrogens is 1620 g/mol. The van der Waals surface area contributed by atoms with Crippen LogP contribution in [0.15, 0.2) is 109 Å². The van der Waals surface area contributed by atoms with Crippen molar-refractivity contribution in [2.75, 3.05) is 26.2 Å². The van der Waals surface area contributed by atoms with Crippen LogP contribution in [-0.4, -0.2) is 110 Å². The van der Waals surface area contributed by atoms with Gasteiger partial charge in [-0.05, 0) is 181 Å². The Morgan fingerprint density at radius 1 is 0.446 bits per heavy atom. The molecule has 5 aromatic carbocycles. The maximum atomic E-state index is 14.1. The average molecular weight is 1740 g/mol. The number of nitrogens with one attached hydrogen (secondary N) is 4. The first-order valence-electron chi connectivity index (χ1n) is 36.1. The molecule has 620 valence electrons. The van der Waals surface area contributed by atoms with Gasteiger partial charge in [0.2, 0.25) is 0 Å². The van der Waals surface area contributed by atoms with Gasteiger partial charge in [-0.2, -0.15) is 0 Å². The molecule has 112 heavy (non-hydrogen) atoms. The van der Waals surface area contributed by atoms with E-state index in [1.165, 1.54) is 43.5 Å². The quantitative estimate of drug-likeness (QED) is 0.0127. The SMILES string of the molecule is C=CB1OB(C=C)OB(C=C)O1.C=Cc1cc(Cl)c(F)c(CNC(=O)OC(C)(C)C)c1.CC(C)(C)OC(=O)NCc1cc(Br)cc(Cl)c1F.CC(C)(C)OC(=O)NCc1cc(C=O)cc(Cl)c1F.CCCCC.CCN(CC)Cc1cc(Cl)c(F)c(CN)c1.CCN(CC)Cc1cc(Cl)c(F)c(CNC(=O)OC(C)(C)C)c1. The second-order valence-corrected chi connectivity index (χ2v) is 31.3. The Hall–Kier alpha value is -6.66. The largest absolute Gasteiger partial charge is 0.458 e. The lowest BCUT2D eigenvalue weighted by Gasteiger charge is -2.26. The van der Waals surface area contributed by atoms with Crippen molar-refractivity contribution in [2.45, 2.75) is 212 Å². The fourth-order valence-electron chi connectivity index (χ4n) is 8.91. The van der Waals surface area contributed by atoms with Gasteiger partial charge in [0.15, 0.2) is 0 Å². The van der Waals surface area contributed by atoms with E-state index in [0.717, 1.165) is 43.9 Å². The molecule has 1 aliphatic rings. The van der Waals surface area contributed by atoms with Gasteiger partial charge < -0.3 is 59.7 Å². The van der Waals surface area contributed by atoms with Crippen LogP contribution in [0.5, 0.6) is 0 Å². The number of unbranched alkanes of at least 4 members (excludes halogenated alkanes) is 2. The number of rotatable bonds is 24. The van der Waals surface area contributed by atoms with Gasteiger partial charge >= 0.3 is 45.7 Å². The van der Waals surface area contributed by atoms with E-state index >= 15 is 0 Å². The zero-order valence-corrected chi connectivity index (χ0v) is 73.0. The smallest absolute Gasteiger partial charge is 0.445 e. The van der Waals surface area contributed by atoms with Crippen LogP contribution in [0.25, 0.3) is 6.08 Å². The Balaban J connectivity index is 0.00000131. The van der Waals surface area contributed by atoms with Crippen molar-refractivity contribution in [1.29, 1.82) is 0 Å². The maximum absolute atomic E-state index is 14.1. The molecule has 1 aliphatic heterocycles. The third-order valence-corrected chi connectivity index (χ3v) is 16.1. The molecule has 0 saturated carbocycles. The summed E-state index contributed by atoms with van der Waals surface area (Å²) >= 11 is 32.1. The molecule has 0 radical (unpaired) electrons. The number of halogens is 11. The Kier molecular flexibility index (Phi) is 50.3. The van der Waals surface area contributed by atoms with Crippen LogP contribution in [0.3, 0.4) is 0 Å². The van der Waals surface area contributed by atoms with Crippen molar-refractivity contribution < 1.29 is 78.6 Å². The fourth-order valence-corrected chi connectivity index (χ4v) is 10.8. The van der Waals surface area contributed by atoms with Crippen LogP contribution in [-0.2, 0) is 78.5 Å². The van der Waals surface area contributed by atoms with Gasteiger partial charge in [-0.1, -0.05) is 171 Å². The van der Waals surface area contributed by atoms with E-state index in [9.17, 15) is 45.9 Å². The molecule has 1 saturated heterocycles. The number of nitrogens with two attached hydrogens (primary N) is 1. The van der Waals surface area contributed by atoms with Crippen LogP contribution >= 0.6 is 73.9 Å². The summed E-state index contributed by atoms with van der Waals surface area (Å²) in [6.45, 7) is 53.3. The van der Waals surface area contributed by atoms with E-state index in [-0.39, 0.29) is 74.5 Å². The highest BCUT2D eigenvalue weighted by Gasteiger charge is 2.36. The number of aldehydes is 1. The standard InChI is InChI=1S/C17H26ClFN2O2.C14H17ClFNO2.C13H15ClFNO3.C12H14BrClFNO2.C12H18ClFN2.C6H9B3O3.C5H12/c1-6-21(7-2)11-12-8-13(15(19)14(18)9-12)10-20-16(22)23-17(3,4)5;1-5-9-6-10(12(16)11(15)7-9)8-17-13(18)19-14(2,3)4;1-13(2,3)19-12(18)16-6-9-4-8(7-17)5-10(14)11(9)15;1-12(2,3)18-11(17)16-6-7-4-8(13)5-9(14)10(7)15;1-3-16(4-2)8-9-5-10(7-15)12(14)11(13)6-9;1-4-7-10-8(5-2)12-9(6-3)11-7;1-3-5-4-2/h8-9H,6-7,10-11H2,1-5H3,(H,20,22);5-7H,1,8H2,2-4H3,(H,17,18);4-5,7H,6H2,1-3H3,(H,16,18);4-5H,6H2,1-3H3,(H,16,17);5-6H,3-4,7-8,15H2,1-2H3;4-6H,1-3H2;3-5H2,1-2H3. The molecule has 0 atom stereocenters. The van der Waals surface area contributed by atoms with Crippen LogP contribution in [0.2, 0.25) is 25.1 Å². The van der Waals surface area contributed by atoms with Gasteiger partial charge in [0.1, 0.15) is 57.8 Å². The fraction of sp³-hybridized carbons (Fsp3) is 0.456. The summed E-state index contributed by atoms with van der Waals surface area (Å²) < 4.78 is 105. The zero-order valence-electron chi connectivity index (χ0n) is 67.6. The molecule has 6 rings (SSSR count). The van der Waals surface area contributed by atoms with Crippen LogP contribution in [0.1, 0.15) is 199 Å². The first kappa shape index (κ1) is 105. The highest BCUT2D eigenvalue weighted by atomic mass is 79.9. The number of carbonyl (C=O) groups is 5. The lowest BCUT2D eigenvalue weighted by molar-refractivity contribution is 0.0511. The van der Waals surface area contributed by atoms with Gasteiger partial charge in [0, 0.05) is 83.7 Å². The Morgan fingerprint density at radius 3 is 0.982 bits per heavy atom. The molecule has 33 heteroatoms. The minimum absolute atomic E-state index is 0.00149. The van der Waals surface area contributed by atoms with Crippen molar-refractivity contribution in [3.05, 3.63) is 214 Å². The number of hydrogen-bond acceptors (Lipinski definition) is 15. The summed E-state index contributed by atoms with van der Waals surface area (Å²) in [5, 5.41) is 9.97. The Bertz CT molecular complexity index is 3700. The van der Waals surface area contributed by atoms with Crippen LogP contribution in [0, 0.1) is 29.1 Å². The highest BCUT2D eigenvalue weighted by molar-refractivity contribution is 9.10. The predicted octanol–water partition coefficient (Wildman–Crippen LogP) is 21.7. The van der Waals surface area contributed by atoms with Crippen molar-refractivity contribution in [2.24, 2.45) is 5.73 Å². The molecule has 0 bridgehead atoms. The van der Waals surface area contributed by atoms with Gasteiger partial charge in [0.05, 0.1) is 25.1 Å². The molecule has 0 aromatic heterocycles. The maximum Gasteiger partial charge on any atom is 0.458 e. The third kappa shape index (κ3) is 44.9. The molecule has 0 unspecified atom stereocenters. The number of amides is 4. The van der Waals surface area contributed by atoms with Crippen LogP contribution < -0.4 is 27.0 Å². The summed E-state index contributed by atoms with van der Waals surface area (Å²) in [6.07, 6.45) is 3.74. The second kappa shape index (κ2) is 53.5. The van der Waals surface area contributed by atoms with Crippen LogP contribution in [0.4, 0.5) is 41.1 Å².